The number of rotatable bonds is 13. The molecular formula is C34H42O6. The summed E-state index contributed by atoms with van der Waals surface area (Å²) >= 11 is 0. The van der Waals surface area contributed by atoms with Gasteiger partial charge in [-0.25, -0.2) is 0 Å². The third-order valence-corrected chi connectivity index (χ3v) is 9.04. The normalized spacial score (nSPS) is 22.9. The summed E-state index contributed by atoms with van der Waals surface area (Å²) in [5.74, 6) is 0.248. The molecule has 6 nitrogen and oxygen atoms in total. The predicted molar refractivity (Wildman–Crippen MR) is 154 cm³/mol. The van der Waals surface area contributed by atoms with Gasteiger partial charge >= 0.3 is 11.9 Å². The number of carbonyl (C=O) groups is 4. The molecule has 214 valence electrons. The lowest BCUT2D eigenvalue weighted by Crippen LogP contribution is -2.16. The number of carboxylic acids is 2. The van der Waals surface area contributed by atoms with Gasteiger partial charge < -0.3 is 10.2 Å². The first-order valence-electron chi connectivity index (χ1n) is 14.9. The van der Waals surface area contributed by atoms with E-state index in [0.717, 1.165) is 56.9 Å². The van der Waals surface area contributed by atoms with Gasteiger partial charge in [0.1, 0.15) is 5.78 Å². The Hall–Kier alpha value is -3.28. The number of Topliss-reactive ketones (excluding diaryl/α,β-unsaturated/α-hetero) is 2. The van der Waals surface area contributed by atoms with Crippen molar-refractivity contribution in [2.75, 3.05) is 0 Å². The highest BCUT2D eigenvalue weighted by Gasteiger charge is 2.25. The summed E-state index contributed by atoms with van der Waals surface area (Å²) < 4.78 is 0. The lowest BCUT2D eigenvalue weighted by atomic mass is 9.77. The van der Waals surface area contributed by atoms with Crippen molar-refractivity contribution >= 4 is 23.5 Å². The third-order valence-electron chi connectivity index (χ3n) is 9.04. The smallest absolute Gasteiger partial charge is 0.303 e. The molecule has 2 aliphatic carbocycles. The van der Waals surface area contributed by atoms with Crippen molar-refractivity contribution in [2.45, 2.75) is 102 Å². The molecule has 6 heteroatoms. The third kappa shape index (κ3) is 8.87. The van der Waals surface area contributed by atoms with Crippen LogP contribution in [0.1, 0.15) is 122 Å². The Kier molecular flexibility index (Phi) is 10.7. The molecule has 0 radical (unpaired) electrons. The fourth-order valence-electron chi connectivity index (χ4n) is 6.65. The van der Waals surface area contributed by atoms with Gasteiger partial charge in [0.15, 0.2) is 5.78 Å². The van der Waals surface area contributed by atoms with Crippen molar-refractivity contribution < 1.29 is 29.4 Å². The predicted octanol–water partition coefficient (Wildman–Crippen LogP) is 7.35. The van der Waals surface area contributed by atoms with Crippen LogP contribution in [0.2, 0.25) is 0 Å². The fraction of sp³-hybridized carbons (Fsp3) is 0.529. The Bertz CT molecular complexity index is 1150. The number of carbonyl (C=O) groups excluding carboxylic acids is 2. The highest BCUT2D eigenvalue weighted by Crippen LogP contribution is 2.38. The molecule has 2 fully saturated rings. The second-order valence-electron chi connectivity index (χ2n) is 12.0. The molecule has 0 spiro atoms. The molecule has 2 aliphatic rings. The van der Waals surface area contributed by atoms with Crippen molar-refractivity contribution in [3.8, 4) is 0 Å². The van der Waals surface area contributed by atoms with Gasteiger partial charge in [-0.2, -0.15) is 0 Å². The van der Waals surface area contributed by atoms with Gasteiger partial charge in [-0.1, -0.05) is 48.5 Å². The number of carboxylic acid groups (broad SMARTS) is 2. The molecule has 40 heavy (non-hydrogen) atoms. The van der Waals surface area contributed by atoms with Gasteiger partial charge in [0, 0.05) is 37.7 Å². The lowest BCUT2D eigenvalue weighted by Gasteiger charge is -2.28. The van der Waals surface area contributed by atoms with Crippen LogP contribution in [0, 0.1) is 11.8 Å². The van der Waals surface area contributed by atoms with E-state index in [4.69, 9.17) is 10.2 Å². The molecule has 2 saturated carbocycles. The Morgan fingerprint density at radius 1 is 0.600 bits per heavy atom. The lowest BCUT2D eigenvalue weighted by molar-refractivity contribution is -0.139. The summed E-state index contributed by atoms with van der Waals surface area (Å²) in [6.45, 7) is 0. The quantitative estimate of drug-likeness (QED) is 0.254. The molecule has 0 atom stereocenters. The van der Waals surface area contributed by atoms with Gasteiger partial charge in [-0.15, -0.1) is 0 Å². The maximum absolute atomic E-state index is 12.7. The molecule has 0 bridgehead atoms. The van der Waals surface area contributed by atoms with Crippen molar-refractivity contribution in [1.29, 1.82) is 0 Å². The van der Waals surface area contributed by atoms with E-state index in [1.165, 1.54) is 11.1 Å². The second-order valence-corrected chi connectivity index (χ2v) is 12.0. The van der Waals surface area contributed by atoms with Crippen LogP contribution in [0.5, 0.6) is 0 Å². The number of hydrogen-bond acceptors (Lipinski definition) is 4. The summed E-state index contributed by atoms with van der Waals surface area (Å²) in [7, 11) is 0. The molecule has 2 N–H and O–H groups in total. The van der Waals surface area contributed by atoms with Gasteiger partial charge in [-0.3, -0.25) is 19.2 Å². The van der Waals surface area contributed by atoms with E-state index in [2.05, 4.69) is 12.1 Å². The SMILES string of the molecule is O=C(O)CC1CCC(c2ccc(CC(=O)CCCC(=O)c3ccc(C4CCC(CC(=O)O)CC4)cc3)cc2)CC1. The number of benzene rings is 2. The standard InChI is InChI=1S/C34H42O6/c35-31(20-23-4-10-26(11-5-23)27-12-6-24(7-13-27)21-33(37)38)2-1-3-32(36)30-18-16-29(17-19-30)28-14-8-25(9-15-28)22-34(39)40/h4-5,10-11,16-19,24-25,27-28H,1-3,6-9,12-15,20-22H2,(H,37,38)(H,39,40). The minimum Gasteiger partial charge on any atom is -0.481 e. The first-order valence-corrected chi connectivity index (χ1v) is 14.9. The summed E-state index contributed by atoms with van der Waals surface area (Å²) in [6, 6.07) is 16.1. The van der Waals surface area contributed by atoms with Crippen LogP contribution in [-0.2, 0) is 20.8 Å². The van der Waals surface area contributed by atoms with Crippen LogP contribution in [0.15, 0.2) is 48.5 Å². The zero-order valence-corrected chi connectivity index (χ0v) is 23.4. The van der Waals surface area contributed by atoms with Crippen LogP contribution >= 0.6 is 0 Å². The summed E-state index contributed by atoms with van der Waals surface area (Å²) in [4.78, 5) is 47.1. The van der Waals surface area contributed by atoms with E-state index in [1.807, 2.05) is 36.4 Å². The molecule has 0 aromatic heterocycles. The zero-order valence-electron chi connectivity index (χ0n) is 23.4. The van der Waals surface area contributed by atoms with E-state index < -0.39 is 11.9 Å². The van der Waals surface area contributed by atoms with Gasteiger partial charge in [0.05, 0.1) is 0 Å². The molecule has 4 rings (SSSR count). The van der Waals surface area contributed by atoms with Crippen LogP contribution < -0.4 is 0 Å². The van der Waals surface area contributed by atoms with E-state index in [9.17, 15) is 19.2 Å². The summed E-state index contributed by atoms with van der Waals surface area (Å²) in [5, 5.41) is 18.0. The number of aliphatic carboxylic acids is 2. The monoisotopic (exact) mass is 546 g/mol. The molecule has 0 aliphatic heterocycles. The highest BCUT2D eigenvalue weighted by molar-refractivity contribution is 5.96. The van der Waals surface area contributed by atoms with Gasteiger partial charge in [0.25, 0.3) is 0 Å². The fourth-order valence-corrected chi connectivity index (χ4v) is 6.65. The Morgan fingerprint density at radius 2 is 1.05 bits per heavy atom. The highest BCUT2D eigenvalue weighted by atomic mass is 16.4. The molecular weight excluding hydrogens is 504 g/mol. The topological polar surface area (TPSA) is 109 Å². The van der Waals surface area contributed by atoms with Gasteiger partial charge in [0.2, 0.25) is 0 Å². The van der Waals surface area contributed by atoms with Crippen molar-refractivity contribution in [2.24, 2.45) is 11.8 Å². The molecule has 0 heterocycles. The van der Waals surface area contributed by atoms with E-state index >= 15 is 0 Å². The largest absolute Gasteiger partial charge is 0.481 e. The first kappa shape index (κ1) is 29.7. The van der Waals surface area contributed by atoms with E-state index in [1.54, 1.807) is 0 Å². The maximum atomic E-state index is 12.7. The van der Waals surface area contributed by atoms with Crippen molar-refractivity contribution in [3.05, 3.63) is 70.8 Å². The first-order chi connectivity index (χ1) is 19.3. The van der Waals surface area contributed by atoms with E-state index in [-0.39, 0.29) is 30.3 Å². The molecule has 0 unspecified atom stereocenters. The van der Waals surface area contributed by atoms with Crippen molar-refractivity contribution in [3.63, 3.8) is 0 Å². The molecule has 0 amide bonds. The zero-order chi connectivity index (χ0) is 28.5. The number of ketones is 2. The molecule has 2 aromatic rings. The van der Waals surface area contributed by atoms with Gasteiger partial charge in [-0.05, 0) is 98.1 Å². The molecule has 2 aromatic carbocycles. The van der Waals surface area contributed by atoms with Crippen LogP contribution in [0.25, 0.3) is 0 Å². The summed E-state index contributed by atoms with van der Waals surface area (Å²) in [6.07, 6.45) is 10.00. The van der Waals surface area contributed by atoms with Crippen molar-refractivity contribution in [1.82, 2.24) is 0 Å². The number of hydrogen-bond donors (Lipinski definition) is 2. The average molecular weight is 547 g/mol. The Morgan fingerprint density at radius 3 is 1.50 bits per heavy atom. The van der Waals surface area contributed by atoms with Crippen LogP contribution in [0.4, 0.5) is 0 Å². The Balaban J connectivity index is 1.15. The maximum Gasteiger partial charge on any atom is 0.303 e. The Labute approximate surface area is 237 Å². The van der Waals surface area contributed by atoms with E-state index in [0.29, 0.717) is 49.0 Å². The second kappa shape index (κ2) is 14.4. The summed E-state index contributed by atoms with van der Waals surface area (Å²) in [5.41, 5.74) is 4.17. The minimum atomic E-state index is -0.715. The van der Waals surface area contributed by atoms with Crippen LogP contribution in [0.3, 0.4) is 0 Å². The average Bonchev–Trinajstić information content (AvgIpc) is 2.94. The minimum absolute atomic E-state index is 0.0620. The van der Waals surface area contributed by atoms with Crippen LogP contribution in [-0.4, -0.2) is 33.7 Å². The molecule has 0 saturated heterocycles.